The lowest BCUT2D eigenvalue weighted by atomic mass is 10.2. The lowest BCUT2D eigenvalue weighted by Crippen LogP contribution is -2.01. The van der Waals surface area contributed by atoms with Crippen LogP contribution in [0.5, 0.6) is 5.75 Å². The summed E-state index contributed by atoms with van der Waals surface area (Å²) in [6.45, 7) is 0.894. The van der Waals surface area contributed by atoms with Gasteiger partial charge in [0.15, 0.2) is 0 Å². The quantitative estimate of drug-likeness (QED) is 0.801. The van der Waals surface area contributed by atoms with Crippen LogP contribution in [0, 0.1) is 11.3 Å². The van der Waals surface area contributed by atoms with Crippen molar-refractivity contribution < 1.29 is 9.84 Å². The summed E-state index contributed by atoms with van der Waals surface area (Å²) in [5.41, 5.74) is 2.94. The molecule has 1 N–H and O–H groups in total. The van der Waals surface area contributed by atoms with E-state index >= 15 is 0 Å². The maximum atomic E-state index is 9.23. The van der Waals surface area contributed by atoms with Crippen LogP contribution in [0.3, 0.4) is 0 Å². The number of phenols is 1. The number of rotatable bonds is 1. The van der Waals surface area contributed by atoms with E-state index in [1.165, 1.54) is 0 Å². The van der Waals surface area contributed by atoms with Gasteiger partial charge in [0.1, 0.15) is 17.5 Å². The molecule has 2 aromatic rings. The number of fused-ring (bicyclic) bond motifs is 1. The summed E-state index contributed by atoms with van der Waals surface area (Å²) in [5.74, 6) is 0.190. The van der Waals surface area contributed by atoms with Crippen molar-refractivity contribution in [2.45, 2.75) is 13.2 Å². The number of phenolic OH excluding ortho intramolecular Hbond substituents is 1. The van der Waals surface area contributed by atoms with E-state index in [2.05, 4.69) is 11.2 Å². The zero-order valence-electron chi connectivity index (χ0n) is 8.92. The van der Waals surface area contributed by atoms with Gasteiger partial charge in [0.25, 0.3) is 0 Å². The molecule has 1 aliphatic rings. The number of benzene rings is 1. The highest BCUT2D eigenvalue weighted by Crippen LogP contribution is 2.25. The molecule has 0 unspecified atom stereocenters. The fraction of sp³-hybridized carbons (Fsp3) is 0.167. The van der Waals surface area contributed by atoms with Gasteiger partial charge in [0, 0.05) is 5.56 Å². The van der Waals surface area contributed by atoms with E-state index in [-0.39, 0.29) is 5.75 Å². The summed E-state index contributed by atoms with van der Waals surface area (Å²) in [4.78, 5) is 0. The molecule has 84 valence electrons. The van der Waals surface area contributed by atoms with Gasteiger partial charge in [-0.05, 0) is 24.3 Å². The minimum atomic E-state index is 0.190. The summed E-state index contributed by atoms with van der Waals surface area (Å²) in [7, 11) is 0. The number of hydrogen-bond acceptors (Lipinski definition) is 4. The molecule has 0 radical (unpaired) electrons. The van der Waals surface area contributed by atoms with Crippen molar-refractivity contribution in [3.05, 3.63) is 41.2 Å². The zero-order chi connectivity index (χ0) is 11.8. The van der Waals surface area contributed by atoms with Gasteiger partial charge in [-0.1, -0.05) is 0 Å². The summed E-state index contributed by atoms with van der Waals surface area (Å²) in [5, 5.41) is 22.8. The van der Waals surface area contributed by atoms with Crippen LogP contribution in [-0.4, -0.2) is 14.9 Å². The molecule has 0 bridgehead atoms. The van der Waals surface area contributed by atoms with E-state index in [1.807, 2.05) is 0 Å². The van der Waals surface area contributed by atoms with E-state index < -0.39 is 0 Å². The van der Waals surface area contributed by atoms with E-state index in [0.29, 0.717) is 18.9 Å². The summed E-state index contributed by atoms with van der Waals surface area (Å²) in [6, 6.07) is 8.73. The van der Waals surface area contributed by atoms with Crippen molar-refractivity contribution in [1.82, 2.24) is 9.78 Å². The number of hydrogen-bond donors (Lipinski definition) is 1. The normalized spacial score (nSPS) is 13.4. The monoisotopic (exact) mass is 227 g/mol. The average molecular weight is 227 g/mol. The summed E-state index contributed by atoms with van der Waals surface area (Å²) in [6.07, 6.45) is 0. The highest BCUT2D eigenvalue weighted by molar-refractivity contribution is 5.45. The second kappa shape index (κ2) is 3.61. The van der Waals surface area contributed by atoms with Gasteiger partial charge in [0.2, 0.25) is 0 Å². The molecule has 17 heavy (non-hydrogen) atoms. The predicted molar refractivity (Wildman–Crippen MR) is 58.4 cm³/mol. The van der Waals surface area contributed by atoms with Crippen molar-refractivity contribution in [3.8, 4) is 17.5 Å². The molecule has 5 nitrogen and oxygen atoms in total. The Hall–Kier alpha value is -2.32. The molecule has 2 heterocycles. The largest absolute Gasteiger partial charge is 0.508 e. The molecule has 0 atom stereocenters. The van der Waals surface area contributed by atoms with E-state index in [0.717, 1.165) is 16.9 Å². The second-order valence-corrected chi connectivity index (χ2v) is 3.81. The van der Waals surface area contributed by atoms with Crippen LogP contribution in [0.4, 0.5) is 0 Å². The molecular formula is C12H9N3O2. The van der Waals surface area contributed by atoms with Gasteiger partial charge in [-0.2, -0.15) is 10.4 Å². The van der Waals surface area contributed by atoms with Gasteiger partial charge in [0.05, 0.1) is 24.6 Å². The lowest BCUT2D eigenvalue weighted by Gasteiger charge is -2.04. The molecule has 0 amide bonds. The third kappa shape index (κ3) is 1.47. The maximum absolute atomic E-state index is 9.23. The first kappa shape index (κ1) is 9.87. The van der Waals surface area contributed by atoms with E-state index in [1.54, 1.807) is 28.9 Å². The van der Waals surface area contributed by atoms with Crippen LogP contribution < -0.4 is 0 Å². The molecule has 5 heteroatoms. The van der Waals surface area contributed by atoms with Gasteiger partial charge < -0.3 is 9.84 Å². The number of aromatic hydroxyl groups is 1. The Morgan fingerprint density at radius 3 is 2.76 bits per heavy atom. The van der Waals surface area contributed by atoms with Crippen LogP contribution >= 0.6 is 0 Å². The Balaban J connectivity index is 2.16. The Labute approximate surface area is 97.5 Å². The standard InChI is InChI=1S/C12H9N3O2/c13-5-12-10-6-17-7-11(10)14-15(12)8-1-3-9(16)4-2-8/h1-4,16H,6-7H2. The summed E-state index contributed by atoms with van der Waals surface area (Å²) < 4.78 is 6.83. The number of nitriles is 1. The molecular weight excluding hydrogens is 218 g/mol. The number of nitrogens with zero attached hydrogens (tertiary/aromatic N) is 3. The average Bonchev–Trinajstić information content (AvgIpc) is 2.89. The Morgan fingerprint density at radius 1 is 1.29 bits per heavy atom. The molecule has 1 aliphatic heterocycles. The molecule has 0 saturated heterocycles. The van der Waals surface area contributed by atoms with E-state index in [9.17, 15) is 10.4 Å². The van der Waals surface area contributed by atoms with Crippen LogP contribution in [0.15, 0.2) is 24.3 Å². The van der Waals surface area contributed by atoms with Crippen LogP contribution in [0.2, 0.25) is 0 Å². The van der Waals surface area contributed by atoms with Crippen molar-refractivity contribution in [3.63, 3.8) is 0 Å². The maximum Gasteiger partial charge on any atom is 0.150 e. The Morgan fingerprint density at radius 2 is 2.06 bits per heavy atom. The smallest absolute Gasteiger partial charge is 0.150 e. The zero-order valence-corrected chi connectivity index (χ0v) is 8.92. The lowest BCUT2D eigenvalue weighted by molar-refractivity contribution is 0.131. The summed E-state index contributed by atoms with van der Waals surface area (Å²) >= 11 is 0. The molecule has 1 aromatic heterocycles. The first-order valence-corrected chi connectivity index (χ1v) is 5.17. The topological polar surface area (TPSA) is 71.1 Å². The molecule has 0 fully saturated rings. The molecule has 0 saturated carbocycles. The van der Waals surface area contributed by atoms with Gasteiger partial charge in [-0.25, -0.2) is 4.68 Å². The highest BCUT2D eigenvalue weighted by atomic mass is 16.5. The van der Waals surface area contributed by atoms with Crippen LogP contribution in [-0.2, 0) is 18.0 Å². The van der Waals surface area contributed by atoms with Gasteiger partial charge in [-0.15, -0.1) is 0 Å². The minimum absolute atomic E-state index is 0.190. The number of aromatic nitrogens is 2. The van der Waals surface area contributed by atoms with Crippen molar-refractivity contribution in [1.29, 1.82) is 5.26 Å². The fourth-order valence-corrected chi connectivity index (χ4v) is 1.91. The van der Waals surface area contributed by atoms with Gasteiger partial charge in [-0.3, -0.25) is 0 Å². The fourth-order valence-electron chi connectivity index (χ4n) is 1.91. The van der Waals surface area contributed by atoms with Crippen LogP contribution in [0.25, 0.3) is 5.69 Å². The molecule has 0 spiro atoms. The van der Waals surface area contributed by atoms with Crippen LogP contribution in [0.1, 0.15) is 17.0 Å². The highest BCUT2D eigenvalue weighted by Gasteiger charge is 2.23. The Bertz CT molecular complexity index is 608. The Kier molecular flexibility index (Phi) is 2.10. The first-order chi connectivity index (χ1) is 8.29. The van der Waals surface area contributed by atoms with Crippen molar-refractivity contribution >= 4 is 0 Å². The SMILES string of the molecule is N#Cc1c2c(nn1-c1ccc(O)cc1)COC2. The predicted octanol–water partition coefficient (Wildman–Crippen LogP) is 1.48. The first-order valence-electron chi connectivity index (χ1n) is 5.17. The minimum Gasteiger partial charge on any atom is -0.508 e. The van der Waals surface area contributed by atoms with Gasteiger partial charge >= 0.3 is 0 Å². The number of ether oxygens (including phenoxy) is 1. The van der Waals surface area contributed by atoms with Crippen molar-refractivity contribution in [2.24, 2.45) is 0 Å². The second-order valence-electron chi connectivity index (χ2n) is 3.81. The molecule has 3 rings (SSSR count). The van der Waals surface area contributed by atoms with Crippen molar-refractivity contribution in [2.75, 3.05) is 0 Å². The molecule has 0 aliphatic carbocycles. The third-order valence-electron chi connectivity index (χ3n) is 2.75. The van der Waals surface area contributed by atoms with E-state index in [4.69, 9.17) is 4.74 Å². The third-order valence-corrected chi connectivity index (χ3v) is 2.75. The molecule has 1 aromatic carbocycles.